The molecule has 0 bridgehead atoms. The number of carboxylic acids is 1. The molecule has 3 saturated carbocycles. The average Bonchev–Trinajstić information content (AvgIpc) is 3.23. The van der Waals surface area contributed by atoms with E-state index in [0.717, 1.165) is 81.8 Å². The summed E-state index contributed by atoms with van der Waals surface area (Å²) in [4.78, 5) is 11.9. The molecular formula is C38H56O6. The van der Waals surface area contributed by atoms with E-state index in [-0.39, 0.29) is 39.4 Å². The van der Waals surface area contributed by atoms with E-state index in [9.17, 15) is 25.2 Å². The minimum Gasteiger partial charge on any atom is -0.508 e. The highest BCUT2D eigenvalue weighted by molar-refractivity contribution is 5.76. The standard InChI is InChI=1S/C38H56O6/c1-22(2)9-8-16-38(7)29(40)14-19-36(5)27-12-17-35(4)26(34(27,3)20-15-30(36)44-38)13-18-37(6)28(35)21-24-25(39)11-10-23(31(24)37)32(41)33(42)43/h9-11,26-30,32,39-41H,8,12-21H2,1-7H3,(H,42,43). The summed E-state index contributed by atoms with van der Waals surface area (Å²) in [5.41, 5.74) is 2.83. The molecule has 1 saturated heterocycles. The molecule has 0 radical (unpaired) electrons. The Morgan fingerprint density at radius 3 is 2.23 bits per heavy atom. The maximum atomic E-state index is 11.9. The highest BCUT2D eigenvalue weighted by atomic mass is 16.5. The molecule has 0 aromatic heterocycles. The Kier molecular flexibility index (Phi) is 7.70. The zero-order valence-electron chi connectivity index (χ0n) is 28.1. The summed E-state index contributed by atoms with van der Waals surface area (Å²) in [6.07, 6.45) is 10.9. The smallest absolute Gasteiger partial charge is 0.337 e. The van der Waals surface area contributed by atoms with Gasteiger partial charge in [-0.2, -0.15) is 0 Å². The van der Waals surface area contributed by atoms with Crippen molar-refractivity contribution in [3.63, 3.8) is 0 Å². The number of aromatic hydroxyl groups is 1. The van der Waals surface area contributed by atoms with E-state index < -0.39 is 23.8 Å². The van der Waals surface area contributed by atoms with Crippen molar-refractivity contribution in [2.45, 2.75) is 148 Å². The van der Waals surface area contributed by atoms with Gasteiger partial charge in [0.15, 0.2) is 6.10 Å². The van der Waals surface area contributed by atoms with Crippen LogP contribution in [0.2, 0.25) is 0 Å². The summed E-state index contributed by atoms with van der Waals surface area (Å²) in [5, 5.41) is 42.9. The predicted octanol–water partition coefficient (Wildman–Crippen LogP) is 7.62. The Balaban J connectivity index is 1.32. The number of aliphatic carboxylic acids is 1. The molecule has 11 unspecified atom stereocenters. The fourth-order valence-corrected chi connectivity index (χ4v) is 12.2. The lowest BCUT2D eigenvalue weighted by molar-refractivity contribution is -0.236. The molecule has 6 rings (SSSR count). The van der Waals surface area contributed by atoms with E-state index in [0.29, 0.717) is 17.4 Å². The van der Waals surface area contributed by atoms with Gasteiger partial charge in [0, 0.05) is 0 Å². The van der Waals surface area contributed by atoms with Crippen LogP contribution in [-0.4, -0.2) is 44.2 Å². The van der Waals surface area contributed by atoms with Crippen LogP contribution < -0.4 is 0 Å². The van der Waals surface area contributed by atoms with Gasteiger partial charge in [0.2, 0.25) is 0 Å². The average molecular weight is 609 g/mol. The Morgan fingerprint density at radius 1 is 0.932 bits per heavy atom. The minimum atomic E-state index is -1.59. The summed E-state index contributed by atoms with van der Waals surface area (Å²) in [6.45, 7) is 16.2. The molecule has 1 aliphatic heterocycles. The molecule has 4 N–H and O–H groups in total. The number of aliphatic hydroxyl groups is 2. The van der Waals surface area contributed by atoms with Crippen molar-refractivity contribution in [1.29, 1.82) is 0 Å². The third-order valence-corrected chi connectivity index (χ3v) is 14.4. The van der Waals surface area contributed by atoms with Gasteiger partial charge in [0.25, 0.3) is 0 Å². The molecule has 0 amide bonds. The number of hydrogen-bond donors (Lipinski definition) is 4. The van der Waals surface area contributed by atoms with E-state index in [2.05, 4.69) is 54.5 Å². The number of carboxylic acid groups (broad SMARTS) is 1. The number of carbonyl (C=O) groups is 1. The van der Waals surface area contributed by atoms with Gasteiger partial charge in [-0.1, -0.05) is 45.4 Å². The van der Waals surface area contributed by atoms with E-state index in [4.69, 9.17) is 4.74 Å². The lowest BCUT2D eigenvalue weighted by atomic mass is 9.36. The summed E-state index contributed by atoms with van der Waals surface area (Å²) < 4.78 is 7.07. The van der Waals surface area contributed by atoms with Crippen molar-refractivity contribution in [2.75, 3.05) is 0 Å². The lowest BCUT2D eigenvalue weighted by Gasteiger charge is -2.69. The van der Waals surface area contributed by atoms with Crippen LogP contribution in [0.15, 0.2) is 23.8 Å². The van der Waals surface area contributed by atoms with Gasteiger partial charge in [-0.3, -0.25) is 0 Å². The second-order valence-corrected chi connectivity index (χ2v) is 17.0. The quantitative estimate of drug-likeness (QED) is 0.256. The van der Waals surface area contributed by atoms with Crippen molar-refractivity contribution in [3.05, 3.63) is 40.5 Å². The Labute approximate surface area is 264 Å². The van der Waals surface area contributed by atoms with Crippen molar-refractivity contribution in [3.8, 4) is 5.75 Å². The maximum absolute atomic E-state index is 11.9. The molecule has 4 aliphatic carbocycles. The number of phenols is 1. The van der Waals surface area contributed by atoms with Crippen LogP contribution in [0.4, 0.5) is 0 Å². The Hall–Kier alpha value is -1.89. The zero-order chi connectivity index (χ0) is 32.0. The number of aliphatic hydroxyl groups excluding tert-OH is 2. The van der Waals surface area contributed by atoms with Crippen LogP contribution in [0.25, 0.3) is 0 Å². The molecule has 4 fully saturated rings. The number of benzene rings is 1. The first-order chi connectivity index (χ1) is 20.5. The molecule has 44 heavy (non-hydrogen) atoms. The van der Waals surface area contributed by atoms with Gasteiger partial charge in [-0.15, -0.1) is 0 Å². The van der Waals surface area contributed by atoms with Crippen LogP contribution in [0.5, 0.6) is 5.75 Å². The first-order valence-electron chi connectivity index (χ1n) is 17.3. The number of fused-ring (bicyclic) bond motifs is 9. The first-order valence-corrected chi connectivity index (χ1v) is 17.3. The second kappa shape index (κ2) is 10.6. The summed E-state index contributed by atoms with van der Waals surface area (Å²) >= 11 is 0. The van der Waals surface area contributed by atoms with Gasteiger partial charge in [0.05, 0.1) is 17.8 Å². The van der Waals surface area contributed by atoms with Crippen molar-refractivity contribution >= 4 is 5.97 Å². The van der Waals surface area contributed by atoms with E-state index in [1.807, 2.05) is 0 Å². The highest BCUT2D eigenvalue weighted by Crippen LogP contribution is 2.74. The monoisotopic (exact) mass is 608 g/mol. The van der Waals surface area contributed by atoms with Gasteiger partial charge < -0.3 is 25.2 Å². The fraction of sp³-hybridized carbons (Fsp3) is 0.763. The number of phenolic OH excluding ortho intramolecular Hbond substituents is 1. The summed E-state index contributed by atoms with van der Waals surface area (Å²) in [5.74, 6) is 0.264. The third kappa shape index (κ3) is 4.47. The Morgan fingerprint density at radius 2 is 1.55 bits per heavy atom. The summed E-state index contributed by atoms with van der Waals surface area (Å²) in [7, 11) is 0. The normalized spacial score (nSPS) is 45.1. The van der Waals surface area contributed by atoms with Gasteiger partial charge in [0.1, 0.15) is 5.75 Å². The van der Waals surface area contributed by atoms with Crippen LogP contribution in [0.3, 0.4) is 0 Å². The molecule has 5 aliphatic rings. The molecule has 11 atom stereocenters. The van der Waals surface area contributed by atoms with E-state index >= 15 is 0 Å². The topological polar surface area (TPSA) is 107 Å². The molecule has 6 nitrogen and oxygen atoms in total. The molecule has 6 heteroatoms. The number of allylic oxidation sites excluding steroid dienone is 2. The van der Waals surface area contributed by atoms with Crippen molar-refractivity contribution in [1.82, 2.24) is 0 Å². The fourth-order valence-electron chi connectivity index (χ4n) is 12.2. The largest absolute Gasteiger partial charge is 0.508 e. The molecule has 1 aromatic rings. The van der Waals surface area contributed by atoms with Crippen molar-refractivity contribution in [2.24, 2.45) is 34.0 Å². The SMILES string of the molecule is CC(C)=CCCC1(C)OC2CCC3(C)C(CCC4(C)C5Cc6c(O)ccc(C(O)C(=O)O)c6C5(C)CCC43)C2(C)CCC1O. The van der Waals surface area contributed by atoms with E-state index in [1.165, 1.54) is 5.57 Å². The number of rotatable bonds is 5. The molecule has 1 heterocycles. The van der Waals surface area contributed by atoms with Crippen molar-refractivity contribution < 1.29 is 30.0 Å². The molecular weight excluding hydrogens is 552 g/mol. The molecule has 244 valence electrons. The highest BCUT2D eigenvalue weighted by Gasteiger charge is 2.68. The van der Waals surface area contributed by atoms with Crippen LogP contribution in [0.1, 0.15) is 135 Å². The van der Waals surface area contributed by atoms with Crippen LogP contribution >= 0.6 is 0 Å². The first kappa shape index (κ1) is 32.1. The molecule has 0 spiro atoms. The van der Waals surface area contributed by atoms with Crippen LogP contribution in [-0.2, 0) is 21.4 Å². The van der Waals surface area contributed by atoms with Gasteiger partial charge in [-0.25, -0.2) is 4.79 Å². The van der Waals surface area contributed by atoms with Crippen LogP contribution in [0, 0.1) is 34.0 Å². The zero-order valence-corrected chi connectivity index (χ0v) is 28.1. The second-order valence-electron chi connectivity index (χ2n) is 17.0. The van der Waals surface area contributed by atoms with E-state index in [1.54, 1.807) is 12.1 Å². The van der Waals surface area contributed by atoms with Gasteiger partial charge >= 0.3 is 5.97 Å². The predicted molar refractivity (Wildman–Crippen MR) is 171 cm³/mol. The summed E-state index contributed by atoms with van der Waals surface area (Å²) in [6, 6.07) is 3.21. The molecule has 1 aromatic carbocycles. The lowest BCUT2D eigenvalue weighted by Crippen LogP contribution is -2.64. The third-order valence-electron chi connectivity index (χ3n) is 14.4. The minimum absolute atomic E-state index is 0.00000682. The maximum Gasteiger partial charge on any atom is 0.337 e. The van der Waals surface area contributed by atoms with Gasteiger partial charge in [-0.05, 0) is 154 Å². The number of hydrogen-bond acceptors (Lipinski definition) is 5. The Bertz CT molecular complexity index is 1350. The number of ether oxygens (including phenoxy) is 1.